The van der Waals surface area contributed by atoms with E-state index in [4.69, 9.17) is 11.6 Å². The summed E-state index contributed by atoms with van der Waals surface area (Å²) in [5.41, 5.74) is 1.33. The maximum absolute atomic E-state index is 12.0. The molecule has 0 bridgehead atoms. The number of nitrogens with zero attached hydrogens (tertiary/aromatic N) is 1. The average Bonchev–Trinajstić information content (AvgIpc) is 2.67. The minimum atomic E-state index is -0.311. The largest absolute Gasteiger partial charge is 0.506 e. The molecule has 1 aromatic heterocycles. The second kappa shape index (κ2) is 3.92. The van der Waals surface area contributed by atoms with Gasteiger partial charge in [-0.1, -0.05) is 23.7 Å². The molecule has 4 nitrogen and oxygen atoms in total. The van der Waals surface area contributed by atoms with Gasteiger partial charge >= 0.3 is 5.69 Å². The van der Waals surface area contributed by atoms with Crippen molar-refractivity contribution >= 4 is 22.6 Å². The van der Waals surface area contributed by atoms with Crippen LogP contribution in [0.2, 0.25) is 5.02 Å². The van der Waals surface area contributed by atoms with Crippen LogP contribution in [-0.2, 0) is 0 Å². The van der Waals surface area contributed by atoms with Crippen LogP contribution in [0.4, 0.5) is 0 Å². The van der Waals surface area contributed by atoms with Crippen molar-refractivity contribution in [2.24, 2.45) is 0 Å². The van der Waals surface area contributed by atoms with Crippen molar-refractivity contribution in [3.05, 3.63) is 58.0 Å². The number of benzene rings is 2. The molecule has 3 rings (SSSR count). The van der Waals surface area contributed by atoms with Crippen molar-refractivity contribution in [1.29, 1.82) is 0 Å². The van der Waals surface area contributed by atoms with Gasteiger partial charge in [-0.25, -0.2) is 4.79 Å². The first-order chi connectivity index (χ1) is 8.66. The van der Waals surface area contributed by atoms with Crippen LogP contribution in [0.5, 0.6) is 5.75 Å². The van der Waals surface area contributed by atoms with Crippen LogP contribution >= 0.6 is 11.6 Å². The number of nitrogens with one attached hydrogen (secondary N) is 1. The third-order valence-corrected chi connectivity index (χ3v) is 2.98. The van der Waals surface area contributed by atoms with Gasteiger partial charge in [-0.2, -0.15) is 0 Å². The number of H-pyrrole nitrogens is 1. The highest BCUT2D eigenvalue weighted by Crippen LogP contribution is 2.25. The van der Waals surface area contributed by atoms with Gasteiger partial charge in [-0.3, -0.25) is 4.57 Å². The zero-order chi connectivity index (χ0) is 12.7. The summed E-state index contributed by atoms with van der Waals surface area (Å²) in [6, 6.07) is 11.9. The highest BCUT2D eigenvalue weighted by Gasteiger charge is 2.12. The van der Waals surface area contributed by atoms with E-state index in [2.05, 4.69) is 4.98 Å². The second-order valence-electron chi connectivity index (χ2n) is 3.92. The summed E-state index contributed by atoms with van der Waals surface area (Å²) in [5.74, 6) is 0.0471. The Morgan fingerprint density at radius 2 is 1.94 bits per heavy atom. The smallest absolute Gasteiger partial charge is 0.331 e. The van der Waals surface area contributed by atoms with Crippen LogP contribution in [0, 0.1) is 0 Å². The molecule has 1 heterocycles. The summed E-state index contributed by atoms with van der Waals surface area (Å²) in [6.07, 6.45) is 0. The van der Waals surface area contributed by atoms with E-state index in [1.807, 2.05) is 0 Å². The lowest BCUT2D eigenvalue weighted by Crippen LogP contribution is -2.14. The van der Waals surface area contributed by atoms with Crippen molar-refractivity contribution in [2.75, 3.05) is 0 Å². The number of para-hydroxylation sites is 1. The number of aromatic hydroxyl groups is 1. The Morgan fingerprint density at radius 3 is 2.72 bits per heavy atom. The predicted octanol–water partition coefficient (Wildman–Crippen LogP) is 2.68. The number of aromatic amines is 1. The second-order valence-corrected chi connectivity index (χ2v) is 4.36. The lowest BCUT2D eigenvalue weighted by atomic mass is 10.2. The molecule has 0 saturated carbocycles. The van der Waals surface area contributed by atoms with Crippen molar-refractivity contribution in [1.82, 2.24) is 9.55 Å². The molecule has 0 aliphatic carbocycles. The first kappa shape index (κ1) is 10.9. The molecule has 0 aliphatic heterocycles. The normalized spacial score (nSPS) is 10.9. The fourth-order valence-electron chi connectivity index (χ4n) is 2.00. The van der Waals surface area contributed by atoms with Crippen LogP contribution in [0.25, 0.3) is 16.7 Å². The SMILES string of the molecule is O=c1[nH]c2cccc(O)c2n1-c1cccc(Cl)c1. The zero-order valence-electron chi connectivity index (χ0n) is 9.22. The van der Waals surface area contributed by atoms with Gasteiger partial charge in [-0.05, 0) is 30.3 Å². The van der Waals surface area contributed by atoms with Crippen LogP contribution in [0.15, 0.2) is 47.3 Å². The minimum absolute atomic E-state index is 0.0471. The summed E-state index contributed by atoms with van der Waals surface area (Å²) >= 11 is 5.92. The van der Waals surface area contributed by atoms with Gasteiger partial charge in [0.1, 0.15) is 11.3 Å². The third kappa shape index (κ3) is 1.58. The highest BCUT2D eigenvalue weighted by atomic mass is 35.5. The number of hydrogen-bond acceptors (Lipinski definition) is 2. The van der Waals surface area contributed by atoms with Gasteiger partial charge in [0.25, 0.3) is 0 Å². The molecule has 0 atom stereocenters. The topological polar surface area (TPSA) is 58.0 Å². The van der Waals surface area contributed by atoms with Gasteiger partial charge in [0.2, 0.25) is 0 Å². The number of imidazole rings is 1. The fourth-order valence-corrected chi connectivity index (χ4v) is 2.19. The van der Waals surface area contributed by atoms with Crippen molar-refractivity contribution in [3.8, 4) is 11.4 Å². The molecule has 0 saturated heterocycles. The zero-order valence-corrected chi connectivity index (χ0v) is 9.98. The first-order valence-electron chi connectivity index (χ1n) is 5.35. The Morgan fingerprint density at radius 1 is 1.17 bits per heavy atom. The lowest BCUT2D eigenvalue weighted by molar-refractivity contribution is 0.479. The number of phenols is 1. The maximum atomic E-state index is 12.0. The van der Waals surface area contributed by atoms with E-state index >= 15 is 0 Å². The van der Waals surface area contributed by atoms with Crippen molar-refractivity contribution < 1.29 is 5.11 Å². The predicted molar refractivity (Wildman–Crippen MR) is 70.6 cm³/mol. The van der Waals surface area contributed by atoms with E-state index in [1.54, 1.807) is 36.4 Å². The molecular formula is C13H9ClN2O2. The summed E-state index contributed by atoms with van der Waals surface area (Å²) in [4.78, 5) is 14.6. The minimum Gasteiger partial charge on any atom is -0.506 e. The van der Waals surface area contributed by atoms with E-state index < -0.39 is 0 Å². The summed E-state index contributed by atoms with van der Waals surface area (Å²) in [6.45, 7) is 0. The third-order valence-electron chi connectivity index (χ3n) is 2.75. The first-order valence-corrected chi connectivity index (χ1v) is 5.73. The molecule has 2 aromatic carbocycles. The molecule has 5 heteroatoms. The molecular weight excluding hydrogens is 252 g/mol. The standard InChI is InChI=1S/C13H9ClN2O2/c14-8-3-1-4-9(7-8)16-12-10(15-13(16)18)5-2-6-11(12)17/h1-7,17H,(H,15,18). The van der Waals surface area contributed by atoms with Crippen LogP contribution in [0.1, 0.15) is 0 Å². The van der Waals surface area contributed by atoms with Crippen LogP contribution in [0.3, 0.4) is 0 Å². The van der Waals surface area contributed by atoms with E-state index in [1.165, 1.54) is 10.6 Å². The van der Waals surface area contributed by atoms with E-state index in [0.717, 1.165) is 0 Å². The molecule has 0 fully saturated rings. The van der Waals surface area contributed by atoms with E-state index in [9.17, 15) is 9.90 Å². The number of fused-ring (bicyclic) bond motifs is 1. The Balaban J connectivity index is 2.42. The molecule has 3 aromatic rings. The summed E-state index contributed by atoms with van der Waals surface area (Å²) in [5, 5.41) is 10.4. The Bertz CT molecular complexity index is 789. The Kier molecular flexibility index (Phi) is 2.38. The molecule has 0 unspecified atom stereocenters. The van der Waals surface area contributed by atoms with Gasteiger partial charge in [0, 0.05) is 5.02 Å². The number of hydrogen-bond donors (Lipinski definition) is 2. The van der Waals surface area contributed by atoms with Crippen LogP contribution in [-0.4, -0.2) is 14.7 Å². The fraction of sp³-hybridized carbons (Fsp3) is 0. The highest BCUT2D eigenvalue weighted by molar-refractivity contribution is 6.30. The van der Waals surface area contributed by atoms with Crippen molar-refractivity contribution in [3.63, 3.8) is 0 Å². The lowest BCUT2D eigenvalue weighted by Gasteiger charge is -2.04. The van der Waals surface area contributed by atoms with Crippen LogP contribution < -0.4 is 5.69 Å². The number of phenolic OH excluding ortho intramolecular Hbond substituents is 1. The summed E-state index contributed by atoms with van der Waals surface area (Å²) in [7, 11) is 0. The molecule has 0 radical (unpaired) electrons. The van der Waals surface area contributed by atoms with Gasteiger partial charge in [0.15, 0.2) is 0 Å². The maximum Gasteiger partial charge on any atom is 0.331 e. The molecule has 0 spiro atoms. The molecule has 0 aliphatic rings. The summed E-state index contributed by atoms with van der Waals surface area (Å²) < 4.78 is 1.40. The van der Waals surface area contributed by atoms with E-state index in [0.29, 0.717) is 21.7 Å². The van der Waals surface area contributed by atoms with Gasteiger partial charge in [-0.15, -0.1) is 0 Å². The van der Waals surface area contributed by atoms with Crippen molar-refractivity contribution in [2.45, 2.75) is 0 Å². The quantitative estimate of drug-likeness (QED) is 0.707. The Labute approximate surface area is 107 Å². The van der Waals surface area contributed by atoms with E-state index in [-0.39, 0.29) is 11.4 Å². The molecule has 0 amide bonds. The molecule has 2 N–H and O–H groups in total. The number of halogens is 1. The Hall–Kier alpha value is -2.20. The number of rotatable bonds is 1. The molecule has 90 valence electrons. The molecule has 18 heavy (non-hydrogen) atoms. The average molecular weight is 261 g/mol. The van der Waals surface area contributed by atoms with Gasteiger partial charge < -0.3 is 10.1 Å². The number of aromatic nitrogens is 2. The van der Waals surface area contributed by atoms with Gasteiger partial charge in [0.05, 0.1) is 11.2 Å². The monoisotopic (exact) mass is 260 g/mol.